The number of carbonyl (C=O) groups is 3. The monoisotopic (exact) mass is 566 g/mol. The van der Waals surface area contributed by atoms with E-state index in [4.69, 9.17) is 4.74 Å². The summed E-state index contributed by atoms with van der Waals surface area (Å²) in [5.41, 5.74) is 2.63. The minimum absolute atomic E-state index is 0.103. The maximum absolute atomic E-state index is 13.1. The van der Waals surface area contributed by atoms with Crippen molar-refractivity contribution in [3.8, 4) is 5.75 Å². The molecule has 0 bridgehead atoms. The lowest BCUT2D eigenvalue weighted by Crippen LogP contribution is -2.43. The highest BCUT2D eigenvalue weighted by Crippen LogP contribution is 2.25. The first-order chi connectivity index (χ1) is 19.8. The SMILES string of the molecule is C[C@@H](C(=O)O)N(C(=O)c1ccccc1)c1ccc(OCCn2c(=O)sc3cc(C(=O)c4ccccc4)ccc32)cc1. The van der Waals surface area contributed by atoms with Crippen molar-refractivity contribution in [1.29, 1.82) is 0 Å². The molecule has 5 rings (SSSR count). The molecular formula is C32H26N2O6S. The number of hydrogen-bond acceptors (Lipinski definition) is 6. The summed E-state index contributed by atoms with van der Waals surface area (Å²) in [5, 5.41) is 9.60. The molecule has 4 aromatic carbocycles. The molecule has 9 heteroatoms. The number of fused-ring (bicyclic) bond motifs is 1. The standard InChI is InChI=1S/C32H26N2O6S/c1-21(31(37)38)34(30(36)23-10-6-3-7-11-23)25-13-15-26(16-14-25)40-19-18-33-27-17-12-24(20-28(27)41-32(33)39)29(35)22-8-4-2-5-9-22/h2-17,20-21H,18-19H2,1H3,(H,37,38)/t21-/m0/s1. The zero-order valence-electron chi connectivity index (χ0n) is 22.1. The highest BCUT2D eigenvalue weighted by atomic mass is 32.1. The number of nitrogens with zero attached hydrogens (tertiary/aromatic N) is 2. The van der Waals surface area contributed by atoms with Gasteiger partial charge in [0.15, 0.2) is 5.78 Å². The van der Waals surface area contributed by atoms with Crippen molar-refractivity contribution < 1.29 is 24.2 Å². The first-order valence-electron chi connectivity index (χ1n) is 12.9. The van der Waals surface area contributed by atoms with Crippen LogP contribution in [0, 0.1) is 0 Å². The van der Waals surface area contributed by atoms with Crippen molar-refractivity contribution in [2.45, 2.75) is 19.5 Å². The number of carboxylic acid groups (broad SMARTS) is 1. The summed E-state index contributed by atoms with van der Waals surface area (Å²) in [4.78, 5) is 51.5. The predicted octanol–water partition coefficient (Wildman–Crippen LogP) is 5.49. The summed E-state index contributed by atoms with van der Waals surface area (Å²) < 4.78 is 8.19. The lowest BCUT2D eigenvalue weighted by molar-refractivity contribution is -0.138. The Morgan fingerprint density at radius 3 is 2.12 bits per heavy atom. The van der Waals surface area contributed by atoms with E-state index in [0.717, 1.165) is 21.6 Å². The van der Waals surface area contributed by atoms with Crippen LogP contribution in [0.3, 0.4) is 0 Å². The maximum Gasteiger partial charge on any atom is 0.326 e. The molecule has 0 fully saturated rings. The Balaban J connectivity index is 1.28. The second-order valence-electron chi connectivity index (χ2n) is 9.30. The fourth-order valence-electron chi connectivity index (χ4n) is 4.48. The molecule has 0 saturated heterocycles. The molecule has 0 saturated carbocycles. The smallest absolute Gasteiger partial charge is 0.326 e. The van der Waals surface area contributed by atoms with Gasteiger partial charge in [0.25, 0.3) is 5.91 Å². The maximum atomic E-state index is 13.1. The van der Waals surface area contributed by atoms with Gasteiger partial charge in [-0.2, -0.15) is 0 Å². The first kappa shape index (κ1) is 27.5. The summed E-state index contributed by atoms with van der Waals surface area (Å²) in [5.74, 6) is -1.15. The number of anilines is 1. The normalized spacial score (nSPS) is 11.6. The van der Waals surface area contributed by atoms with Crippen molar-refractivity contribution in [2.75, 3.05) is 11.5 Å². The Morgan fingerprint density at radius 1 is 0.854 bits per heavy atom. The molecule has 206 valence electrons. The van der Waals surface area contributed by atoms with Crippen molar-refractivity contribution in [3.05, 3.63) is 129 Å². The number of amides is 1. The van der Waals surface area contributed by atoms with Gasteiger partial charge in [0.1, 0.15) is 18.4 Å². The molecule has 0 aliphatic heterocycles. The van der Waals surface area contributed by atoms with Crippen LogP contribution in [0.25, 0.3) is 10.2 Å². The lowest BCUT2D eigenvalue weighted by Gasteiger charge is -2.27. The number of carboxylic acids is 1. The summed E-state index contributed by atoms with van der Waals surface area (Å²) in [6.45, 7) is 1.95. The van der Waals surface area contributed by atoms with E-state index in [9.17, 15) is 24.3 Å². The van der Waals surface area contributed by atoms with E-state index in [0.29, 0.717) is 34.7 Å². The topological polar surface area (TPSA) is 106 Å². The number of thiazole rings is 1. The molecule has 5 aromatic rings. The number of hydrogen-bond donors (Lipinski definition) is 1. The van der Waals surface area contributed by atoms with Crippen molar-refractivity contribution in [2.24, 2.45) is 0 Å². The molecular weight excluding hydrogens is 540 g/mol. The van der Waals surface area contributed by atoms with Crippen molar-refractivity contribution in [3.63, 3.8) is 0 Å². The van der Waals surface area contributed by atoms with Crippen LogP contribution in [0.2, 0.25) is 0 Å². The van der Waals surface area contributed by atoms with Crippen LogP contribution in [0.5, 0.6) is 5.75 Å². The molecule has 0 aliphatic carbocycles. The Kier molecular flexibility index (Phi) is 8.07. The van der Waals surface area contributed by atoms with E-state index in [1.807, 2.05) is 18.2 Å². The molecule has 1 amide bonds. The number of ether oxygens (including phenoxy) is 1. The first-order valence-corrected chi connectivity index (χ1v) is 13.7. The number of carbonyl (C=O) groups excluding carboxylic acids is 2. The second kappa shape index (κ2) is 12.0. The zero-order valence-corrected chi connectivity index (χ0v) is 22.9. The van der Waals surface area contributed by atoms with Gasteiger partial charge in [-0.25, -0.2) is 4.79 Å². The van der Waals surface area contributed by atoms with Gasteiger partial charge < -0.3 is 9.84 Å². The Morgan fingerprint density at radius 2 is 1.49 bits per heavy atom. The van der Waals surface area contributed by atoms with Gasteiger partial charge in [-0.1, -0.05) is 59.9 Å². The third kappa shape index (κ3) is 5.95. The zero-order chi connectivity index (χ0) is 28.9. The van der Waals surface area contributed by atoms with E-state index in [-0.39, 0.29) is 17.3 Å². The number of aliphatic carboxylic acids is 1. The van der Waals surface area contributed by atoms with E-state index in [1.165, 1.54) is 11.8 Å². The number of rotatable bonds is 10. The van der Waals surface area contributed by atoms with Gasteiger partial charge in [-0.15, -0.1) is 0 Å². The van der Waals surface area contributed by atoms with Crippen molar-refractivity contribution >= 4 is 44.9 Å². The van der Waals surface area contributed by atoms with Crippen LogP contribution in [0.1, 0.15) is 33.2 Å². The summed E-state index contributed by atoms with van der Waals surface area (Å²) in [7, 11) is 0. The highest BCUT2D eigenvalue weighted by molar-refractivity contribution is 7.16. The molecule has 0 unspecified atom stereocenters. The van der Waals surface area contributed by atoms with Gasteiger partial charge >= 0.3 is 10.8 Å². The van der Waals surface area contributed by atoms with Gasteiger partial charge in [0.2, 0.25) is 0 Å². The molecule has 1 aromatic heterocycles. The molecule has 41 heavy (non-hydrogen) atoms. The molecule has 0 spiro atoms. The largest absolute Gasteiger partial charge is 0.492 e. The average Bonchev–Trinajstić information content (AvgIpc) is 3.32. The van der Waals surface area contributed by atoms with E-state index >= 15 is 0 Å². The summed E-state index contributed by atoms with van der Waals surface area (Å²) >= 11 is 1.08. The van der Waals surface area contributed by atoms with Crippen LogP contribution < -0.4 is 14.5 Å². The van der Waals surface area contributed by atoms with Gasteiger partial charge in [-0.05, 0) is 61.5 Å². The Bertz CT molecular complexity index is 1760. The van der Waals surface area contributed by atoms with Crippen LogP contribution in [-0.4, -0.2) is 40.0 Å². The Hall–Kier alpha value is -5.02. The number of benzene rings is 4. The predicted molar refractivity (Wildman–Crippen MR) is 158 cm³/mol. The van der Waals surface area contributed by atoms with Crippen molar-refractivity contribution in [1.82, 2.24) is 4.57 Å². The minimum atomic E-state index is -1.13. The Labute approximate surface area is 239 Å². The molecule has 1 N–H and O–H groups in total. The average molecular weight is 567 g/mol. The van der Waals surface area contributed by atoms with E-state index in [1.54, 1.807) is 89.5 Å². The molecule has 1 atom stereocenters. The fourth-order valence-corrected chi connectivity index (χ4v) is 5.44. The lowest BCUT2D eigenvalue weighted by atomic mass is 10.0. The molecule has 8 nitrogen and oxygen atoms in total. The third-order valence-corrected chi connectivity index (χ3v) is 7.59. The van der Waals surface area contributed by atoms with Crippen LogP contribution in [-0.2, 0) is 11.3 Å². The molecule has 0 radical (unpaired) electrons. The second-order valence-corrected chi connectivity index (χ2v) is 10.3. The van der Waals surface area contributed by atoms with Gasteiger partial charge in [-0.3, -0.25) is 23.9 Å². The fraction of sp³-hybridized carbons (Fsp3) is 0.125. The number of ketones is 1. The van der Waals surface area contributed by atoms with Crippen LogP contribution in [0.15, 0.2) is 108 Å². The summed E-state index contributed by atoms with van der Waals surface area (Å²) in [6.07, 6.45) is 0. The number of aromatic nitrogens is 1. The highest BCUT2D eigenvalue weighted by Gasteiger charge is 2.28. The van der Waals surface area contributed by atoms with Crippen LogP contribution in [0.4, 0.5) is 5.69 Å². The molecule has 0 aliphatic rings. The van der Waals surface area contributed by atoms with Crippen LogP contribution >= 0.6 is 11.3 Å². The van der Waals surface area contributed by atoms with Gasteiger partial charge in [0, 0.05) is 22.4 Å². The molecule has 1 heterocycles. The van der Waals surface area contributed by atoms with Gasteiger partial charge in [0.05, 0.1) is 16.8 Å². The third-order valence-electron chi connectivity index (χ3n) is 6.65. The quantitative estimate of drug-likeness (QED) is 0.224. The van der Waals surface area contributed by atoms with E-state index in [2.05, 4.69) is 0 Å². The summed E-state index contributed by atoms with van der Waals surface area (Å²) in [6, 6.07) is 28.2. The van der Waals surface area contributed by atoms with E-state index < -0.39 is 17.9 Å². The minimum Gasteiger partial charge on any atom is -0.492 e.